The van der Waals surface area contributed by atoms with Crippen molar-refractivity contribution < 1.29 is 27.4 Å². The second-order valence-corrected chi connectivity index (χ2v) is 3.72. The Morgan fingerprint density at radius 1 is 1.33 bits per heavy atom. The molecule has 0 saturated heterocycles. The molecule has 0 aromatic carbocycles. The van der Waals surface area contributed by atoms with Crippen LogP contribution in [0.15, 0.2) is 0 Å². The Morgan fingerprint density at radius 2 is 2.00 bits per heavy atom. The van der Waals surface area contributed by atoms with Crippen LogP contribution in [-0.4, -0.2) is 44.6 Å². The summed E-state index contributed by atoms with van der Waals surface area (Å²) in [7, 11) is 0. The number of hydrogen-bond donors (Lipinski definition) is 1. The fraction of sp³-hybridized carbons (Fsp3) is 0.909. The summed E-state index contributed by atoms with van der Waals surface area (Å²) >= 11 is 0. The summed E-state index contributed by atoms with van der Waals surface area (Å²) in [6, 6.07) is -0.482. The quantitative estimate of drug-likeness (QED) is 0.514. The molecule has 1 atom stereocenters. The Balaban J connectivity index is 3.80. The summed E-state index contributed by atoms with van der Waals surface area (Å²) in [5.74, 6) is -0.379. The highest BCUT2D eigenvalue weighted by atomic mass is 19.4. The fourth-order valence-corrected chi connectivity index (χ4v) is 1.33. The molecule has 0 aromatic rings. The van der Waals surface area contributed by atoms with Crippen molar-refractivity contribution >= 4 is 5.97 Å². The summed E-state index contributed by atoms with van der Waals surface area (Å²) in [4.78, 5) is 11.5. The van der Waals surface area contributed by atoms with Gasteiger partial charge in [0.1, 0.15) is 12.6 Å². The van der Waals surface area contributed by atoms with Crippen molar-refractivity contribution in [3.63, 3.8) is 0 Å². The SMILES string of the molecule is CCCC(NCCOCC(F)(F)F)C(=O)OCC. The first-order valence-corrected chi connectivity index (χ1v) is 5.95. The molecule has 0 spiro atoms. The van der Waals surface area contributed by atoms with Gasteiger partial charge in [-0.15, -0.1) is 0 Å². The minimum Gasteiger partial charge on any atom is -0.465 e. The van der Waals surface area contributed by atoms with Crippen LogP contribution < -0.4 is 5.32 Å². The number of alkyl halides is 3. The highest BCUT2D eigenvalue weighted by molar-refractivity contribution is 5.75. The Labute approximate surface area is 105 Å². The number of carbonyl (C=O) groups is 1. The third-order valence-electron chi connectivity index (χ3n) is 2.05. The maximum atomic E-state index is 11.8. The largest absolute Gasteiger partial charge is 0.465 e. The Bertz CT molecular complexity index is 234. The highest BCUT2D eigenvalue weighted by Gasteiger charge is 2.27. The monoisotopic (exact) mass is 271 g/mol. The van der Waals surface area contributed by atoms with Crippen LogP contribution in [0.2, 0.25) is 0 Å². The van der Waals surface area contributed by atoms with Gasteiger partial charge < -0.3 is 14.8 Å². The highest BCUT2D eigenvalue weighted by Crippen LogP contribution is 2.13. The van der Waals surface area contributed by atoms with Crippen LogP contribution in [0.1, 0.15) is 26.7 Å². The first-order chi connectivity index (χ1) is 8.40. The normalized spacial score (nSPS) is 13.4. The van der Waals surface area contributed by atoms with E-state index in [9.17, 15) is 18.0 Å². The molecule has 0 aliphatic heterocycles. The van der Waals surface area contributed by atoms with Gasteiger partial charge in [-0.25, -0.2) is 0 Å². The lowest BCUT2D eigenvalue weighted by atomic mass is 10.1. The van der Waals surface area contributed by atoms with Crippen LogP contribution in [0, 0.1) is 0 Å². The summed E-state index contributed by atoms with van der Waals surface area (Å²) < 4.78 is 44.6. The number of rotatable bonds is 9. The summed E-state index contributed by atoms with van der Waals surface area (Å²) in [6.45, 7) is 2.71. The lowest BCUT2D eigenvalue weighted by molar-refractivity contribution is -0.173. The number of nitrogens with one attached hydrogen (secondary N) is 1. The number of hydrogen-bond acceptors (Lipinski definition) is 4. The lowest BCUT2D eigenvalue weighted by Crippen LogP contribution is -2.40. The average molecular weight is 271 g/mol. The average Bonchev–Trinajstić information content (AvgIpc) is 2.26. The van der Waals surface area contributed by atoms with E-state index < -0.39 is 18.8 Å². The Morgan fingerprint density at radius 3 is 2.50 bits per heavy atom. The Kier molecular flexibility index (Phi) is 8.74. The van der Waals surface area contributed by atoms with Crippen LogP contribution in [0.5, 0.6) is 0 Å². The van der Waals surface area contributed by atoms with Crippen molar-refractivity contribution in [1.82, 2.24) is 5.32 Å². The maximum Gasteiger partial charge on any atom is 0.411 e. The Hall–Kier alpha value is -0.820. The molecule has 18 heavy (non-hydrogen) atoms. The topological polar surface area (TPSA) is 47.6 Å². The fourth-order valence-electron chi connectivity index (χ4n) is 1.33. The molecule has 0 aromatic heterocycles. The van der Waals surface area contributed by atoms with Gasteiger partial charge >= 0.3 is 12.1 Å². The van der Waals surface area contributed by atoms with Crippen LogP contribution in [-0.2, 0) is 14.3 Å². The van der Waals surface area contributed by atoms with E-state index in [1.165, 1.54) is 0 Å². The zero-order valence-corrected chi connectivity index (χ0v) is 10.7. The van der Waals surface area contributed by atoms with Gasteiger partial charge in [-0.1, -0.05) is 13.3 Å². The number of esters is 1. The predicted molar refractivity (Wildman–Crippen MR) is 60.2 cm³/mol. The zero-order chi connectivity index (χ0) is 14.0. The van der Waals surface area contributed by atoms with Crippen molar-refractivity contribution in [3.05, 3.63) is 0 Å². The number of halogens is 3. The molecular weight excluding hydrogens is 251 g/mol. The van der Waals surface area contributed by atoms with E-state index in [1.54, 1.807) is 6.92 Å². The molecule has 0 heterocycles. The molecular formula is C11H20F3NO3. The van der Waals surface area contributed by atoms with Gasteiger partial charge in [0.25, 0.3) is 0 Å². The van der Waals surface area contributed by atoms with Gasteiger partial charge in [-0.05, 0) is 13.3 Å². The standard InChI is InChI=1S/C11H20F3NO3/c1-3-5-9(10(16)18-4-2)15-6-7-17-8-11(12,13)14/h9,15H,3-8H2,1-2H3. The van der Waals surface area contributed by atoms with Gasteiger partial charge in [0.2, 0.25) is 0 Å². The van der Waals surface area contributed by atoms with Crippen molar-refractivity contribution in [1.29, 1.82) is 0 Å². The second kappa shape index (κ2) is 9.16. The van der Waals surface area contributed by atoms with Gasteiger partial charge in [0.15, 0.2) is 0 Å². The van der Waals surface area contributed by atoms with E-state index in [-0.39, 0.29) is 25.7 Å². The van der Waals surface area contributed by atoms with E-state index in [2.05, 4.69) is 10.1 Å². The molecule has 0 saturated carbocycles. The third-order valence-corrected chi connectivity index (χ3v) is 2.05. The molecule has 1 unspecified atom stereocenters. The minimum atomic E-state index is -4.32. The van der Waals surface area contributed by atoms with E-state index in [1.807, 2.05) is 6.92 Å². The summed E-state index contributed by atoms with van der Waals surface area (Å²) in [5.41, 5.74) is 0. The smallest absolute Gasteiger partial charge is 0.411 e. The van der Waals surface area contributed by atoms with Gasteiger partial charge in [-0.2, -0.15) is 13.2 Å². The van der Waals surface area contributed by atoms with Crippen LogP contribution in [0.25, 0.3) is 0 Å². The van der Waals surface area contributed by atoms with Gasteiger partial charge in [0.05, 0.1) is 13.2 Å². The summed E-state index contributed by atoms with van der Waals surface area (Å²) in [5, 5.41) is 2.82. The molecule has 1 N–H and O–H groups in total. The van der Waals surface area contributed by atoms with Crippen LogP contribution >= 0.6 is 0 Å². The van der Waals surface area contributed by atoms with E-state index in [0.29, 0.717) is 6.42 Å². The van der Waals surface area contributed by atoms with E-state index in [0.717, 1.165) is 6.42 Å². The lowest BCUT2D eigenvalue weighted by Gasteiger charge is -2.16. The van der Waals surface area contributed by atoms with E-state index in [4.69, 9.17) is 4.74 Å². The first-order valence-electron chi connectivity index (χ1n) is 5.95. The van der Waals surface area contributed by atoms with Gasteiger partial charge in [0, 0.05) is 6.54 Å². The number of ether oxygens (including phenoxy) is 2. The maximum absolute atomic E-state index is 11.8. The van der Waals surface area contributed by atoms with Crippen molar-refractivity contribution in [2.45, 2.75) is 38.9 Å². The molecule has 4 nitrogen and oxygen atoms in total. The van der Waals surface area contributed by atoms with Crippen molar-refractivity contribution in [3.8, 4) is 0 Å². The number of carbonyl (C=O) groups excluding carboxylic acids is 1. The molecule has 0 aliphatic rings. The van der Waals surface area contributed by atoms with Crippen molar-refractivity contribution in [2.24, 2.45) is 0 Å². The van der Waals surface area contributed by atoms with Gasteiger partial charge in [-0.3, -0.25) is 4.79 Å². The van der Waals surface area contributed by atoms with E-state index >= 15 is 0 Å². The predicted octanol–water partition coefficient (Wildman–Crippen LogP) is 1.89. The second-order valence-electron chi connectivity index (χ2n) is 3.72. The van der Waals surface area contributed by atoms with Crippen LogP contribution in [0.3, 0.4) is 0 Å². The molecule has 0 amide bonds. The molecule has 108 valence electrons. The summed E-state index contributed by atoms with van der Waals surface area (Å²) in [6.07, 6.45) is -2.96. The first kappa shape index (κ1) is 17.2. The molecule has 0 radical (unpaired) electrons. The molecule has 0 fully saturated rings. The third kappa shape index (κ3) is 9.23. The van der Waals surface area contributed by atoms with Crippen molar-refractivity contribution in [2.75, 3.05) is 26.4 Å². The van der Waals surface area contributed by atoms with Crippen LogP contribution in [0.4, 0.5) is 13.2 Å². The zero-order valence-electron chi connectivity index (χ0n) is 10.7. The minimum absolute atomic E-state index is 0.0981. The molecule has 0 rings (SSSR count). The molecule has 0 aliphatic carbocycles. The molecule has 7 heteroatoms. The molecule has 0 bridgehead atoms.